The summed E-state index contributed by atoms with van der Waals surface area (Å²) in [5.74, 6) is 1.73. The zero-order valence-electron chi connectivity index (χ0n) is 14.3. The molecule has 2 saturated heterocycles. The van der Waals surface area contributed by atoms with Crippen molar-refractivity contribution in [3.63, 3.8) is 0 Å². The van der Waals surface area contributed by atoms with Crippen LogP contribution in [0.15, 0.2) is 12.4 Å². The number of rotatable bonds is 2. The van der Waals surface area contributed by atoms with Crippen LogP contribution in [0.2, 0.25) is 0 Å². The summed E-state index contributed by atoms with van der Waals surface area (Å²) in [7, 11) is -0.443. The first-order valence-corrected chi connectivity index (χ1v) is 8.21. The van der Waals surface area contributed by atoms with E-state index in [0.29, 0.717) is 0 Å². The average Bonchev–Trinajstić information content (AvgIpc) is 2.68. The van der Waals surface area contributed by atoms with Gasteiger partial charge >= 0.3 is 7.12 Å². The van der Waals surface area contributed by atoms with Gasteiger partial charge in [0.05, 0.1) is 23.0 Å². The molecule has 2 fully saturated rings. The molecule has 0 bridgehead atoms. The maximum Gasteiger partial charge on any atom is 0.516 e. The third kappa shape index (κ3) is 2.86. The molecule has 2 aliphatic heterocycles. The molecular formula is C16H26BN3O2. The second-order valence-electron chi connectivity index (χ2n) is 7.56. The lowest BCUT2D eigenvalue weighted by atomic mass is 9.85. The molecule has 6 heteroatoms. The highest BCUT2D eigenvalue weighted by atomic mass is 16.7. The summed E-state index contributed by atoms with van der Waals surface area (Å²) >= 11 is 0. The van der Waals surface area contributed by atoms with Gasteiger partial charge in [0, 0.05) is 19.3 Å². The molecule has 0 spiro atoms. The molecule has 0 saturated carbocycles. The normalized spacial score (nSPS) is 24.8. The van der Waals surface area contributed by atoms with Gasteiger partial charge in [-0.3, -0.25) is 4.98 Å². The van der Waals surface area contributed by atoms with Crippen LogP contribution in [-0.4, -0.2) is 41.4 Å². The smallest absolute Gasteiger partial charge is 0.398 e. The highest BCUT2D eigenvalue weighted by Crippen LogP contribution is 2.36. The van der Waals surface area contributed by atoms with E-state index in [1.54, 1.807) is 6.20 Å². The van der Waals surface area contributed by atoms with E-state index in [2.05, 4.69) is 44.5 Å². The lowest BCUT2D eigenvalue weighted by Crippen LogP contribution is -2.41. The fourth-order valence-electron chi connectivity index (χ4n) is 2.84. The highest BCUT2D eigenvalue weighted by Gasteiger charge is 2.52. The van der Waals surface area contributed by atoms with Crippen LogP contribution in [0.4, 0.5) is 5.82 Å². The van der Waals surface area contributed by atoms with Crippen LogP contribution in [0.3, 0.4) is 0 Å². The Morgan fingerprint density at radius 2 is 1.68 bits per heavy atom. The molecule has 0 amide bonds. The van der Waals surface area contributed by atoms with Gasteiger partial charge < -0.3 is 14.2 Å². The van der Waals surface area contributed by atoms with E-state index in [0.717, 1.165) is 30.4 Å². The summed E-state index contributed by atoms with van der Waals surface area (Å²) < 4.78 is 12.1. The van der Waals surface area contributed by atoms with Crippen molar-refractivity contribution in [1.29, 1.82) is 0 Å². The van der Waals surface area contributed by atoms with E-state index in [9.17, 15) is 0 Å². The number of anilines is 1. The second kappa shape index (κ2) is 5.50. The van der Waals surface area contributed by atoms with Crippen LogP contribution >= 0.6 is 0 Å². The van der Waals surface area contributed by atoms with Crippen LogP contribution in [0, 0.1) is 5.92 Å². The molecule has 22 heavy (non-hydrogen) atoms. The zero-order valence-corrected chi connectivity index (χ0v) is 14.3. The van der Waals surface area contributed by atoms with Gasteiger partial charge in [0.25, 0.3) is 0 Å². The number of hydrogen-bond acceptors (Lipinski definition) is 5. The van der Waals surface area contributed by atoms with Crippen LogP contribution in [0.5, 0.6) is 0 Å². The molecule has 3 heterocycles. The van der Waals surface area contributed by atoms with Crippen molar-refractivity contribution in [3.05, 3.63) is 12.4 Å². The minimum atomic E-state index is -0.443. The third-order valence-corrected chi connectivity index (χ3v) is 5.24. The fourth-order valence-corrected chi connectivity index (χ4v) is 2.84. The molecule has 120 valence electrons. The van der Waals surface area contributed by atoms with Crippen molar-refractivity contribution in [2.75, 3.05) is 18.0 Å². The minimum Gasteiger partial charge on any atom is -0.398 e. The van der Waals surface area contributed by atoms with Gasteiger partial charge in [-0.1, -0.05) is 6.92 Å². The van der Waals surface area contributed by atoms with Crippen LogP contribution in [-0.2, 0) is 9.31 Å². The van der Waals surface area contributed by atoms with E-state index in [1.807, 2.05) is 6.20 Å². The van der Waals surface area contributed by atoms with E-state index < -0.39 is 7.12 Å². The Balaban J connectivity index is 1.78. The largest absolute Gasteiger partial charge is 0.516 e. The maximum atomic E-state index is 6.07. The van der Waals surface area contributed by atoms with Crippen molar-refractivity contribution in [3.8, 4) is 0 Å². The highest BCUT2D eigenvalue weighted by molar-refractivity contribution is 6.61. The van der Waals surface area contributed by atoms with Gasteiger partial charge in [-0.15, -0.1) is 0 Å². The Morgan fingerprint density at radius 3 is 2.27 bits per heavy atom. The molecule has 0 aromatic carbocycles. The molecular weight excluding hydrogens is 277 g/mol. The third-order valence-electron chi connectivity index (χ3n) is 5.24. The Kier molecular flexibility index (Phi) is 3.93. The Bertz CT molecular complexity index is 526. The molecule has 0 atom stereocenters. The molecule has 0 unspecified atom stereocenters. The van der Waals surface area contributed by atoms with Crippen molar-refractivity contribution >= 4 is 18.5 Å². The van der Waals surface area contributed by atoms with Gasteiger partial charge in [-0.05, 0) is 46.5 Å². The Labute approximate surface area is 133 Å². The van der Waals surface area contributed by atoms with E-state index in [-0.39, 0.29) is 11.2 Å². The van der Waals surface area contributed by atoms with Crippen LogP contribution in [0.1, 0.15) is 47.5 Å². The van der Waals surface area contributed by atoms with Crippen LogP contribution in [0.25, 0.3) is 0 Å². The van der Waals surface area contributed by atoms with Gasteiger partial charge in [0.15, 0.2) is 0 Å². The van der Waals surface area contributed by atoms with E-state index in [4.69, 9.17) is 14.3 Å². The molecule has 5 nitrogen and oxygen atoms in total. The first kappa shape index (κ1) is 15.7. The summed E-state index contributed by atoms with van der Waals surface area (Å²) in [5.41, 5.74) is 0.0565. The molecule has 3 rings (SSSR count). The predicted molar refractivity (Wildman–Crippen MR) is 88.4 cm³/mol. The monoisotopic (exact) mass is 303 g/mol. The minimum absolute atomic E-state index is 0.351. The van der Waals surface area contributed by atoms with Gasteiger partial charge in [0.1, 0.15) is 5.82 Å². The molecule has 0 aliphatic carbocycles. The summed E-state index contributed by atoms with van der Waals surface area (Å²) in [6.07, 6.45) is 6.01. The van der Waals surface area contributed by atoms with Crippen molar-refractivity contribution in [2.45, 2.75) is 58.7 Å². The summed E-state index contributed by atoms with van der Waals surface area (Å²) in [4.78, 5) is 11.4. The lowest BCUT2D eigenvalue weighted by molar-refractivity contribution is 0.00578. The molecule has 0 N–H and O–H groups in total. The first-order chi connectivity index (χ1) is 10.3. The van der Waals surface area contributed by atoms with Crippen molar-refractivity contribution in [2.24, 2.45) is 5.92 Å². The van der Waals surface area contributed by atoms with Crippen molar-refractivity contribution in [1.82, 2.24) is 9.97 Å². The summed E-state index contributed by atoms with van der Waals surface area (Å²) in [6.45, 7) is 12.6. The van der Waals surface area contributed by atoms with Gasteiger partial charge in [0.2, 0.25) is 0 Å². The van der Waals surface area contributed by atoms with Gasteiger partial charge in [-0.25, -0.2) is 4.98 Å². The first-order valence-electron chi connectivity index (χ1n) is 8.21. The fraction of sp³-hybridized carbons (Fsp3) is 0.750. The predicted octanol–water partition coefficient (Wildman–Crippen LogP) is 2.01. The number of aromatic nitrogens is 2. The van der Waals surface area contributed by atoms with Crippen LogP contribution < -0.4 is 10.5 Å². The van der Waals surface area contributed by atoms with E-state index in [1.165, 1.54) is 12.8 Å². The summed E-state index contributed by atoms with van der Waals surface area (Å²) in [6, 6.07) is 0. The van der Waals surface area contributed by atoms with Crippen molar-refractivity contribution < 1.29 is 9.31 Å². The SMILES string of the molecule is CC1CCN(c2cncc(B3OC(C)(C)C(C)(C)O3)n2)CC1. The quantitative estimate of drug-likeness (QED) is 0.782. The molecule has 2 aliphatic rings. The Hall–Kier alpha value is -1.14. The lowest BCUT2D eigenvalue weighted by Gasteiger charge is -2.32. The summed E-state index contributed by atoms with van der Waals surface area (Å²) in [5, 5.41) is 0. The number of hydrogen-bond donors (Lipinski definition) is 0. The molecule has 1 aromatic rings. The number of nitrogens with zero attached hydrogens (tertiary/aromatic N) is 3. The average molecular weight is 303 g/mol. The maximum absolute atomic E-state index is 6.07. The standard InChI is InChI=1S/C16H26BN3O2/c1-12-6-8-20(9-7-12)14-11-18-10-13(19-14)17-21-15(2,3)16(4,5)22-17/h10-12H,6-9H2,1-5H3. The topological polar surface area (TPSA) is 47.5 Å². The van der Waals surface area contributed by atoms with Gasteiger partial charge in [-0.2, -0.15) is 0 Å². The second-order valence-corrected chi connectivity index (χ2v) is 7.56. The molecule has 1 aromatic heterocycles. The number of piperidine rings is 1. The Morgan fingerprint density at radius 1 is 1.09 bits per heavy atom. The zero-order chi connectivity index (χ0) is 16.0. The van der Waals surface area contributed by atoms with E-state index >= 15 is 0 Å². The molecule has 0 radical (unpaired) electrons.